The van der Waals surface area contributed by atoms with Crippen LogP contribution in [0.4, 0.5) is 0 Å². The highest BCUT2D eigenvalue weighted by atomic mass is 16.4. The molecule has 118 valence electrons. The fraction of sp³-hybridized carbons (Fsp3) is 0.938. The van der Waals surface area contributed by atoms with Crippen LogP contribution in [0.2, 0.25) is 0 Å². The van der Waals surface area contributed by atoms with Crippen molar-refractivity contribution in [3.8, 4) is 0 Å². The number of unbranched alkanes of at least 4 members (excludes halogenated alkanes) is 1. The molecule has 20 heavy (non-hydrogen) atoms. The second-order valence-electron chi connectivity index (χ2n) is 7.17. The third kappa shape index (κ3) is 5.41. The standard InChI is InChI=1S/C16H32N2O2/c1-5-17-16(4,14(19)20)10-6-7-11-18-12-8-9-15(2,3)13-18/h17H,5-13H2,1-4H3,(H,19,20). The van der Waals surface area contributed by atoms with Crippen molar-refractivity contribution in [2.45, 2.75) is 65.3 Å². The number of carboxylic acid groups (broad SMARTS) is 1. The van der Waals surface area contributed by atoms with Crippen molar-refractivity contribution in [2.24, 2.45) is 5.41 Å². The molecule has 1 unspecified atom stereocenters. The molecule has 1 atom stereocenters. The van der Waals surface area contributed by atoms with Gasteiger partial charge in [0.25, 0.3) is 0 Å². The fourth-order valence-corrected chi connectivity index (χ4v) is 3.21. The van der Waals surface area contributed by atoms with Crippen LogP contribution in [0.1, 0.15) is 59.8 Å². The Labute approximate surface area is 123 Å². The van der Waals surface area contributed by atoms with Crippen molar-refractivity contribution in [1.29, 1.82) is 0 Å². The zero-order valence-electron chi connectivity index (χ0n) is 13.7. The molecule has 1 fully saturated rings. The summed E-state index contributed by atoms with van der Waals surface area (Å²) in [5, 5.41) is 12.4. The van der Waals surface area contributed by atoms with E-state index in [1.165, 1.54) is 25.9 Å². The number of rotatable bonds is 8. The summed E-state index contributed by atoms with van der Waals surface area (Å²) >= 11 is 0. The molecule has 0 spiro atoms. The maximum absolute atomic E-state index is 11.3. The molecule has 0 aliphatic carbocycles. The van der Waals surface area contributed by atoms with Crippen LogP contribution in [0.3, 0.4) is 0 Å². The molecule has 0 amide bonds. The van der Waals surface area contributed by atoms with Crippen molar-refractivity contribution in [3.05, 3.63) is 0 Å². The van der Waals surface area contributed by atoms with Gasteiger partial charge in [-0.3, -0.25) is 4.79 Å². The molecule has 2 N–H and O–H groups in total. The van der Waals surface area contributed by atoms with Crippen LogP contribution in [0, 0.1) is 5.41 Å². The summed E-state index contributed by atoms with van der Waals surface area (Å²) in [5.74, 6) is -0.738. The molecule has 1 aliphatic rings. The third-order valence-electron chi connectivity index (χ3n) is 4.42. The minimum absolute atomic E-state index is 0.442. The number of hydrogen-bond acceptors (Lipinski definition) is 3. The van der Waals surface area contributed by atoms with Crippen LogP contribution < -0.4 is 5.32 Å². The molecule has 4 heteroatoms. The van der Waals surface area contributed by atoms with Crippen LogP contribution >= 0.6 is 0 Å². The van der Waals surface area contributed by atoms with E-state index < -0.39 is 11.5 Å². The molecular formula is C16H32N2O2. The maximum atomic E-state index is 11.3. The lowest BCUT2D eigenvalue weighted by molar-refractivity contribution is -0.144. The summed E-state index contributed by atoms with van der Waals surface area (Å²) in [6, 6.07) is 0. The Morgan fingerprint density at radius 1 is 1.40 bits per heavy atom. The van der Waals surface area contributed by atoms with Gasteiger partial charge in [0, 0.05) is 6.54 Å². The number of aliphatic carboxylic acids is 1. The van der Waals surface area contributed by atoms with Gasteiger partial charge in [0.1, 0.15) is 5.54 Å². The summed E-state index contributed by atoms with van der Waals surface area (Å²) in [7, 11) is 0. The van der Waals surface area contributed by atoms with E-state index in [0.717, 1.165) is 19.4 Å². The average Bonchev–Trinajstić information content (AvgIpc) is 2.34. The zero-order valence-corrected chi connectivity index (χ0v) is 13.7. The molecule has 1 saturated heterocycles. The molecule has 0 saturated carbocycles. The smallest absolute Gasteiger partial charge is 0.323 e. The first-order valence-corrected chi connectivity index (χ1v) is 8.00. The average molecular weight is 284 g/mol. The Bertz CT molecular complexity index is 318. The minimum atomic E-state index is -0.768. The van der Waals surface area contributed by atoms with Crippen LogP contribution in [-0.4, -0.2) is 47.7 Å². The van der Waals surface area contributed by atoms with Gasteiger partial charge in [-0.15, -0.1) is 0 Å². The Morgan fingerprint density at radius 2 is 2.10 bits per heavy atom. The number of carboxylic acids is 1. The van der Waals surface area contributed by atoms with Gasteiger partial charge in [0.05, 0.1) is 0 Å². The zero-order chi connectivity index (χ0) is 15.2. The second-order valence-corrected chi connectivity index (χ2v) is 7.17. The normalized spacial score (nSPS) is 22.4. The Kier molecular flexibility index (Phi) is 6.46. The highest BCUT2D eigenvalue weighted by Gasteiger charge is 2.31. The number of nitrogens with one attached hydrogen (secondary N) is 1. The maximum Gasteiger partial charge on any atom is 0.323 e. The van der Waals surface area contributed by atoms with E-state index in [4.69, 9.17) is 0 Å². The van der Waals surface area contributed by atoms with Gasteiger partial charge >= 0.3 is 5.97 Å². The molecule has 0 aromatic heterocycles. The first-order chi connectivity index (χ1) is 9.29. The van der Waals surface area contributed by atoms with Gasteiger partial charge in [-0.2, -0.15) is 0 Å². The molecule has 1 rings (SSSR count). The topological polar surface area (TPSA) is 52.6 Å². The molecule has 1 aliphatic heterocycles. The van der Waals surface area contributed by atoms with Crippen LogP contribution in [0.15, 0.2) is 0 Å². The molecule has 0 bridgehead atoms. The van der Waals surface area contributed by atoms with E-state index in [-0.39, 0.29) is 0 Å². The highest BCUT2D eigenvalue weighted by molar-refractivity contribution is 5.78. The van der Waals surface area contributed by atoms with Gasteiger partial charge in [-0.25, -0.2) is 0 Å². The van der Waals surface area contributed by atoms with E-state index in [2.05, 4.69) is 24.1 Å². The van der Waals surface area contributed by atoms with Crippen molar-refractivity contribution < 1.29 is 9.90 Å². The molecular weight excluding hydrogens is 252 g/mol. The largest absolute Gasteiger partial charge is 0.480 e. The van der Waals surface area contributed by atoms with Crippen LogP contribution in [0.25, 0.3) is 0 Å². The van der Waals surface area contributed by atoms with E-state index >= 15 is 0 Å². The lowest BCUT2D eigenvalue weighted by atomic mass is 9.84. The molecule has 0 aromatic rings. The third-order valence-corrected chi connectivity index (χ3v) is 4.42. The summed E-state index contributed by atoms with van der Waals surface area (Å²) in [4.78, 5) is 13.9. The number of likely N-dealkylation sites (tertiary alicyclic amines) is 1. The van der Waals surface area contributed by atoms with Crippen molar-refractivity contribution in [1.82, 2.24) is 10.2 Å². The van der Waals surface area contributed by atoms with E-state index in [1.54, 1.807) is 6.92 Å². The summed E-state index contributed by atoms with van der Waals surface area (Å²) in [6.07, 6.45) is 5.36. The minimum Gasteiger partial charge on any atom is -0.480 e. The number of likely N-dealkylation sites (N-methyl/N-ethyl adjacent to an activating group) is 1. The number of carbonyl (C=O) groups is 1. The number of hydrogen-bond donors (Lipinski definition) is 2. The quantitative estimate of drug-likeness (QED) is 0.673. The van der Waals surface area contributed by atoms with E-state index in [0.29, 0.717) is 18.4 Å². The SMILES string of the molecule is CCNC(C)(CCCCN1CCCC(C)(C)C1)C(=O)O. The molecule has 0 radical (unpaired) electrons. The Hall–Kier alpha value is -0.610. The van der Waals surface area contributed by atoms with Gasteiger partial charge in [0.15, 0.2) is 0 Å². The van der Waals surface area contributed by atoms with Gasteiger partial charge in [0.2, 0.25) is 0 Å². The Morgan fingerprint density at radius 3 is 2.65 bits per heavy atom. The predicted octanol–water partition coefficient (Wildman–Crippen LogP) is 2.73. The van der Waals surface area contributed by atoms with E-state index in [1.807, 2.05) is 6.92 Å². The number of piperidine rings is 1. The van der Waals surface area contributed by atoms with Crippen molar-refractivity contribution in [2.75, 3.05) is 26.2 Å². The van der Waals surface area contributed by atoms with Gasteiger partial charge in [-0.05, 0) is 64.1 Å². The van der Waals surface area contributed by atoms with Crippen molar-refractivity contribution in [3.63, 3.8) is 0 Å². The second kappa shape index (κ2) is 7.41. The van der Waals surface area contributed by atoms with Crippen LogP contribution in [0.5, 0.6) is 0 Å². The number of nitrogens with zero attached hydrogens (tertiary/aromatic N) is 1. The fourth-order valence-electron chi connectivity index (χ4n) is 3.21. The van der Waals surface area contributed by atoms with Crippen molar-refractivity contribution >= 4 is 5.97 Å². The summed E-state index contributed by atoms with van der Waals surface area (Å²) in [5.41, 5.74) is -0.326. The molecule has 0 aromatic carbocycles. The highest BCUT2D eigenvalue weighted by Crippen LogP contribution is 2.28. The summed E-state index contributed by atoms with van der Waals surface area (Å²) < 4.78 is 0. The first kappa shape index (κ1) is 17.4. The Balaban J connectivity index is 2.28. The predicted molar refractivity (Wildman–Crippen MR) is 83.0 cm³/mol. The summed E-state index contributed by atoms with van der Waals surface area (Å²) in [6.45, 7) is 12.6. The lowest BCUT2D eigenvalue weighted by Gasteiger charge is -2.38. The molecule has 1 heterocycles. The lowest BCUT2D eigenvalue weighted by Crippen LogP contribution is -2.49. The van der Waals surface area contributed by atoms with Crippen LogP contribution in [-0.2, 0) is 4.79 Å². The monoisotopic (exact) mass is 284 g/mol. The van der Waals surface area contributed by atoms with Gasteiger partial charge < -0.3 is 15.3 Å². The van der Waals surface area contributed by atoms with E-state index in [9.17, 15) is 9.90 Å². The first-order valence-electron chi connectivity index (χ1n) is 8.00. The molecule has 4 nitrogen and oxygen atoms in total. The van der Waals surface area contributed by atoms with Gasteiger partial charge in [-0.1, -0.05) is 20.8 Å².